The zero-order chi connectivity index (χ0) is 11.0. The van der Waals surface area contributed by atoms with E-state index in [1.165, 1.54) is 6.08 Å². The van der Waals surface area contributed by atoms with E-state index in [0.717, 1.165) is 0 Å². The van der Waals surface area contributed by atoms with Gasteiger partial charge in [0, 0.05) is 6.08 Å². The second-order valence-corrected chi connectivity index (χ2v) is 2.94. The van der Waals surface area contributed by atoms with E-state index in [2.05, 4.69) is 22.1 Å². The van der Waals surface area contributed by atoms with Gasteiger partial charge in [0.15, 0.2) is 0 Å². The van der Waals surface area contributed by atoms with Crippen molar-refractivity contribution in [3.63, 3.8) is 0 Å². The summed E-state index contributed by atoms with van der Waals surface area (Å²) < 4.78 is 9.31. The molecule has 0 aliphatic rings. The molecule has 14 heavy (non-hydrogen) atoms. The summed E-state index contributed by atoms with van der Waals surface area (Å²) in [6.07, 6.45) is 1.17. The summed E-state index contributed by atoms with van der Waals surface area (Å²) in [4.78, 5) is 22.2. The molecule has 4 nitrogen and oxygen atoms in total. The first-order chi connectivity index (χ1) is 6.60. The predicted molar refractivity (Wildman–Crippen MR) is 55.0 cm³/mol. The van der Waals surface area contributed by atoms with Crippen LogP contribution in [-0.2, 0) is 19.1 Å². The predicted octanol–water partition coefficient (Wildman–Crippen LogP) is 1.32. The van der Waals surface area contributed by atoms with Gasteiger partial charge in [0.05, 0.1) is 19.6 Å². The number of carbonyl (C=O) groups excluding carboxylic acids is 2. The van der Waals surface area contributed by atoms with Gasteiger partial charge < -0.3 is 9.47 Å². The zero-order valence-corrected chi connectivity index (χ0v) is 9.17. The van der Waals surface area contributed by atoms with E-state index in [-0.39, 0.29) is 6.42 Å². The highest BCUT2D eigenvalue weighted by molar-refractivity contribution is 7.84. The third-order valence-corrected chi connectivity index (χ3v) is 1.49. The summed E-state index contributed by atoms with van der Waals surface area (Å²) in [6.45, 7) is 4.04. The van der Waals surface area contributed by atoms with Crippen LogP contribution in [0.25, 0.3) is 0 Å². The summed E-state index contributed by atoms with van der Waals surface area (Å²) >= 11 is 3.95. The lowest BCUT2D eigenvalue weighted by atomic mass is 10.3. The van der Waals surface area contributed by atoms with Gasteiger partial charge in [0.25, 0.3) is 0 Å². The van der Waals surface area contributed by atoms with Gasteiger partial charge in [-0.3, -0.25) is 4.79 Å². The van der Waals surface area contributed by atoms with Gasteiger partial charge >= 0.3 is 11.9 Å². The van der Waals surface area contributed by atoms with E-state index < -0.39 is 11.9 Å². The van der Waals surface area contributed by atoms with E-state index in [0.29, 0.717) is 18.1 Å². The maximum atomic E-state index is 10.9. The van der Waals surface area contributed by atoms with E-state index in [9.17, 15) is 9.59 Å². The van der Waals surface area contributed by atoms with Crippen molar-refractivity contribution in [1.82, 2.24) is 0 Å². The van der Waals surface area contributed by atoms with E-state index in [1.807, 2.05) is 0 Å². The molecule has 0 aromatic heterocycles. The Hall–Kier alpha value is -0.970. The standard InChI is InChI=1S/C9H14O4S/c1-3-12-8(10)5-7(14)6-9(11)13-4-2/h5,14H,3-4,6H2,1-2H3/b7-5+. The first kappa shape index (κ1) is 13.0. The normalized spacial score (nSPS) is 10.9. The fourth-order valence-electron chi connectivity index (χ4n) is 0.731. The molecule has 0 atom stereocenters. The second-order valence-electron chi connectivity index (χ2n) is 2.37. The highest BCUT2D eigenvalue weighted by atomic mass is 32.1. The molecule has 0 aromatic rings. The molecule has 0 amide bonds. The van der Waals surface area contributed by atoms with Gasteiger partial charge in [-0.25, -0.2) is 4.79 Å². The number of ether oxygens (including phenoxy) is 2. The summed E-state index contributed by atoms with van der Waals surface area (Å²) in [5, 5.41) is 0. The first-order valence-electron chi connectivity index (χ1n) is 4.32. The van der Waals surface area contributed by atoms with Gasteiger partial charge in [0.2, 0.25) is 0 Å². The van der Waals surface area contributed by atoms with Crippen LogP contribution < -0.4 is 0 Å². The summed E-state index contributed by atoms with van der Waals surface area (Å²) in [5.41, 5.74) is 0. The van der Waals surface area contributed by atoms with Gasteiger partial charge in [-0.15, -0.1) is 12.6 Å². The monoisotopic (exact) mass is 218 g/mol. The Kier molecular flexibility index (Phi) is 6.92. The average molecular weight is 218 g/mol. The average Bonchev–Trinajstić information content (AvgIpc) is 2.03. The number of esters is 2. The fourth-order valence-corrected chi connectivity index (χ4v) is 0.965. The maximum absolute atomic E-state index is 10.9. The molecule has 5 heteroatoms. The largest absolute Gasteiger partial charge is 0.466 e. The van der Waals surface area contributed by atoms with Crippen molar-refractivity contribution < 1.29 is 19.1 Å². The third kappa shape index (κ3) is 6.54. The topological polar surface area (TPSA) is 52.6 Å². The van der Waals surface area contributed by atoms with Crippen LogP contribution in [0.4, 0.5) is 0 Å². The molecule has 0 spiro atoms. The van der Waals surface area contributed by atoms with Crippen molar-refractivity contribution in [2.75, 3.05) is 13.2 Å². The van der Waals surface area contributed by atoms with Crippen LogP contribution in [0.1, 0.15) is 20.3 Å². The Balaban J connectivity index is 3.99. The minimum Gasteiger partial charge on any atom is -0.466 e. The Morgan fingerprint density at radius 3 is 2.29 bits per heavy atom. The van der Waals surface area contributed by atoms with Crippen molar-refractivity contribution in [3.8, 4) is 0 Å². The van der Waals surface area contributed by atoms with Crippen molar-refractivity contribution in [2.24, 2.45) is 0 Å². The summed E-state index contributed by atoms with van der Waals surface area (Å²) in [7, 11) is 0. The molecule has 0 aromatic carbocycles. The van der Waals surface area contributed by atoms with Crippen LogP contribution in [0.3, 0.4) is 0 Å². The summed E-state index contributed by atoms with van der Waals surface area (Å²) in [6, 6.07) is 0. The lowest BCUT2D eigenvalue weighted by Gasteiger charge is -2.01. The number of hydrogen-bond acceptors (Lipinski definition) is 5. The van der Waals surface area contributed by atoms with Crippen LogP contribution in [0.2, 0.25) is 0 Å². The van der Waals surface area contributed by atoms with Crippen LogP contribution in [0.5, 0.6) is 0 Å². The molecule has 0 heterocycles. The molecule has 0 bridgehead atoms. The lowest BCUT2D eigenvalue weighted by molar-refractivity contribution is -0.142. The Bertz CT molecular complexity index is 235. The SMILES string of the molecule is CCOC(=O)/C=C(/S)CC(=O)OCC. The van der Waals surface area contributed by atoms with Crippen LogP contribution in [0.15, 0.2) is 11.0 Å². The first-order valence-corrected chi connectivity index (χ1v) is 4.76. The molecule has 80 valence electrons. The van der Waals surface area contributed by atoms with Crippen molar-refractivity contribution >= 4 is 24.6 Å². The number of rotatable bonds is 5. The van der Waals surface area contributed by atoms with Crippen LogP contribution in [-0.4, -0.2) is 25.2 Å². The van der Waals surface area contributed by atoms with Gasteiger partial charge in [0.1, 0.15) is 0 Å². The zero-order valence-electron chi connectivity index (χ0n) is 8.28. The summed E-state index contributed by atoms with van der Waals surface area (Å²) in [5.74, 6) is -0.903. The molecular weight excluding hydrogens is 204 g/mol. The number of hydrogen-bond donors (Lipinski definition) is 1. The molecular formula is C9H14O4S. The second kappa shape index (κ2) is 7.44. The van der Waals surface area contributed by atoms with Gasteiger partial charge in [-0.2, -0.15) is 0 Å². The quantitative estimate of drug-likeness (QED) is 0.429. The third-order valence-electron chi connectivity index (χ3n) is 1.20. The smallest absolute Gasteiger partial charge is 0.331 e. The molecule has 0 N–H and O–H groups in total. The van der Waals surface area contributed by atoms with E-state index in [4.69, 9.17) is 0 Å². The molecule has 0 rings (SSSR count). The Morgan fingerprint density at radius 1 is 1.21 bits per heavy atom. The molecule has 0 saturated carbocycles. The van der Waals surface area contributed by atoms with Crippen molar-refractivity contribution in [1.29, 1.82) is 0 Å². The molecule has 0 unspecified atom stereocenters. The van der Waals surface area contributed by atoms with E-state index in [1.54, 1.807) is 13.8 Å². The minimum absolute atomic E-state index is 0.00420. The number of thiol groups is 1. The fraction of sp³-hybridized carbons (Fsp3) is 0.556. The lowest BCUT2D eigenvalue weighted by Crippen LogP contribution is -2.05. The minimum atomic E-state index is -0.498. The van der Waals surface area contributed by atoms with Crippen LogP contribution >= 0.6 is 12.6 Å². The van der Waals surface area contributed by atoms with Gasteiger partial charge in [-0.05, 0) is 18.8 Å². The highest BCUT2D eigenvalue weighted by Crippen LogP contribution is 2.07. The molecule has 0 radical (unpaired) electrons. The molecule has 0 saturated heterocycles. The van der Waals surface area contributed by atoms with E-state index >= 15 is 0 Å². The molecule has 0 aliphatic heterocycles. The molecule has 0 fully saturated rings. The van der Waals surface area contributed by atoms with Crippen molar-refractivity contribution in [3.05, 3.63) is 11.0 Å². The van der Waals surface area contributed by atoms with Gasteiger partial charge in [-0.1, -0.05) is 0 Å². The van der Waals surface area contributed by atoms with Crippen LogP contribution in [0, 0.1) is 0 Å². The Labute approximate surface area is 88.7 Å². The van der Waals surface area contributed by atoms with Crippen molar-refractivity contribution in [2.45, 2.75) is 20.3 Å². The Morgan fingerprint density at radius 2 is 1.79 bits per heavy atom. The maximum Gasteiger partial charge on any atom is 0.331 e. The molecule has 0 aliphatic carbocycles. The number of carbonyl (C=O) groups is 2. The highest BCUT2D eigenvalue weighted by Gasteiger charge is 2.05.